The molecule has 1 aliphatic rings. The van der Waals surface area contributed by atoms with E-state index in [1.807, 2.05) is 0 Å². The lowest BCUT2D eigenvalue weighted by Gasteiger charge is -2.36. The van der Waals surface area contributed by atoms with Gasteiger partial charge in [-0.15, -0.1) is 0 Å². The van der Waals surface area contributed by atoms with E-state index in [0.29, 0.717) is 0 Å². The third-order valence-electron chi connectivity index (χ3n) is 4.18. The topological polar surface area (TPSA) is 6.48 Å². The summed E-state index contributed by atoms with van der Waals surface area (Å²) in [6.45, 7) is 7.79. The van der Waals surface area contributed by atoms with Crippen molar-refractivity contribution >= 4 is 11.8 Å². The van der Waals surface area contributed by atoms with Crippen LogP contribution in [0.2, 0.25) is 0 Å². The van der Waals surface area contributed by atoms with Crippen LogP contribution in [0.15, 0.2) is 66.2 Å². The second-order valence-electron chi connectivity index (χ2n) is 6.00. The number of benzene rings is 2. The van der Waals surface area contributed by atoms with Crippen LogP contribution in [0.1, 0.15) is 12.5 Å². The van der Waals surface area contributed by atoms with Crippen molar-refractivity contribution in [3.63, 3.8) is 0 Å². The molecule has 0 spiro atoms. The standard InChI is InChI=1S/C20H24N2/c1-18(16-19-8-4-2-5-9-19)17-21-12-14-22(15-13-21)20-10-6-3-7-11-20/h2-11,16H,12-15,17H2,1H3/b18-16-. The van der Waals surface area contributed by atoms with Gasteiger partial charge in [0.05, 0.1) is 0 Å². The van der Waals surface area contributed by atoms with E-state index >= 15 is 0 Å². The number of rotatable bonds is 4. The summed E-state index contributed by atoms with van der Waals surface area (Å²) in [5.41, 5.74) is 4.07. The van der Waals surface area contributed by atoms with Crippen LogP contribution < -0.4 is 4.90 Å². The first kappa shape index (κ1) is 14.9. The maximum atomic E-state index is 2.55. The summed E-state index contributed by atoms with van der Waals surface area (Å²) in [6, 6.07) is 21.3. The predicted molar refractivity (Wildman–Crippen MR) is 95.2 cm³/mol. The van der Waals surface area contributed by atoms with E-state index in [2.05, 4.69) is 83.5 Å². The van der Waals surface area contributed by atoms with Crippen molar-refractivity contribution in [1.82, 2.24) is 4.90 Å². The molecule has 0 aromatic heterocycles. The number of hydrogen-bond donors (Lipinski definition) is 0. The number of para-hydroxylation sites is 1. The minimum absolute atomic E-state index is 1.07. The highest BCUT2D eigenvalue weighted by atomic mass is 15.3. The summed E-state index contributed by atoms with van der Waals surface area (Å²) in [7, 11) is 0. The second kappa shape index (κ2) is 7.28. The molecule has 2 nitrogen and oxygen atoms in total. The molecular weight excluding hydrogens is 268 g/mol. The number of anilines is 1. The Bertz CT molecular complexity index is 596. The summed E-state index contributed by atoms with van der Waals surface area (Å²) in [6.07, 6.45) is 2.30. The molecule has 0 atom stereocenters. The Hall–Kier alpha value is -2.06. The van der Waals surface area contributed by atoms with E-state index in [9.17, 15) is 0 Å². The van der Waals surface area contributed by atoms with Crippen molar-refractivity contribution in [2.24, 2.45) is 0 Å². The lowest BCUT2D eigenvalue weighted by atomic mass is 10.1. The van der Waals surface area contributed by atoms with Gasteiger partial charge in [-0.3, -0.25) is 4.90 Å². The van der Waals surface area contributed by atoms with Crippen LogP contribution in [-0.2, 0) is 0 Å². The predicted octanol–water partition coefficient (Wildman–Crippen LogP) is 3.91. The third kappa shape index (κ3) is 3.99. The van der Waals surface area contributed by atoms with Gasteiger partial charge in [0, 0.05) is 38.4 Å². The fraction of sp³-hybridized carbons (Fsp3) is 0.300. The first-order valence-corrected chi connectivity index (χ1v) is 8.06. The maximum absolute atomic E-state index is 2.55. The first-order chi connectivity index (χ1) is 10.8. The van der Waals surface area contributed by atoms with Gasteiger partial charge < -0.3 is 4.90 Å². The Balaban J connectivity index is 1.53. The van der Waals surface area contributed by atoms with Crippen LogP contribution in [0, 0.1) is 0 Å². The normalized spacial score (nSPS) is 16.8. The smallest absolute Gasteiger partial charge is 0.0367 e. The van der Waals surface area contributed by atoms with Crippen molar-refractivity contribution in [3.8, 4) is 0 Å². The molecule has 0 aliphatic carbocycles. The quantitative estimate of drug-likeness (QED) is 0.843. The highest BCUT2D eigenvalue weighted by Gasteiger charge is 2.16. The van der Waals surface area contributed by atoms with Gasteiger partial charge in [-0.25, -0.2) is 0 Å². The molecule has 2 aromatic rings. The van der Waals surface area contributed by atoms with Crippen LogP contribution in [0.3, 0.4) is 0 Å². The van der Waals surface area contributed by atoms with E-state index in [4.69, 9.17) is 0 Å². The molecule has 22 heavy (non-hydrogen) atoms. The van der Waals surface area contributed by atoms with E-state index in [0.717, 1.165) is 32.7 Å². The number of nitrogens with zero attached hydrogens (tertiary/aromatic N) is 2. The Kier molecular flexibility index (Phi) is 4.92. The molecule has 0 N–H and O–H groups in total. The lowest BCUT2D eigenvalue weighted by molar-refractivity contribution is 0.279. The second-order valence-corrected chi connectivity index (χ2v) is 6.00. The first-order valence-electron chi connectivity index (χ1n) is 8.06. The van der Waals surface area contributed by atoms with E-state index < -0.39 is 0 Å². The molecule has 1 aliphatic heterocycles. The summed E-state index contributed by atoms with van der Waals surface area (Å²) in [5, 5.41) is 0. The van der Waals surface area contributed by atoms with Crippen LogP contribution in [0.5, 0.6) is 0 Å². The molecule has 1 heterocycles. The molecule has 0 amide bonds. The van der Waals surface area contributed by atoms with Crippen molar-refractivity contribution in [2.75, 3.05) is 37.6 Å². The van der Waals surface area contributed by atoms with Gasteiger partial charge in [0.15, 0.2) is 0 Å². The summed E-state index contributed by atoms with van der Waals surface area (Å²) in [4.78, 5) is 5.03. The summed E-state index contributed by atoms with van der Waals surface area (Å²) in [5.74, 6) is 0. The molecule has 3 rings (SSSR count). The zero-order chi connectivity index (χ0) is 15.2. The van der Waals surface area contributed by atoms with Crippen LogP contribution in [-0.4, -0.2) is 37.6 Å². The van der Waals surface area contributed by atoms with Gasteiger partial charge in [-0.05, 0) is 24.6 Å². The van der Waals surface area contributed by atoms with E-state index in [1.165, 1.54) is 16.8 Å². The Morgan fingerprint density at radius 3 is 2.09 bits per heavy atom. The molecule has 0 bridgehead atoms. The van der Waals surface area contributed by atoms with Crippen LogP contribution in [0.4, 0.5) is 5.69 Å². The Labute approximate surface area is 133 Å². The molecule has 1 saturated heterocycles. The Morgan fingerprint density at radius 2 is 1.45 bits per heavy atom. The molecule has 114 valence electrons. The van der Waals surface area contributed by atoms with Crippen molar-refractivity contribution in [1.29, 1.82) is 0 Å². The lowest BCUT2D eigenvalue weighted by Crippen LogP contribution is -2.46. The largest absolute Gasteiger partial charge is 0.369 e. The molecule has 2 aromatic carbocycles. The molecule has 0 unspecified atom stereocenters. The van der Waals surface area contributed by atoms with Crippen molar-refractivity contribution in [2.45, 2.75) is 6.92 Å². The Morgan fingerprint density at radius 1 is 0.864 bits per heavy atom. The number of hydrogen-bond acceptors (Lipinski definition) is 2. The third-order valence-corrected chi connectivity index (χ3v) is 4.18. The zero-order valence-corrected chi connectivity index (χ0v) is 13.3. The zero-order valence-electron chi connectivity index (χ0n) is 13.3. The number of piperazine rings is 1. The van der Waals surface area contributed by atoms with E-state index in [1.54, 1.807) is 0 Å². The minimum atomic E-state index is 1.07. The molecule has 0 radical (unpaired) electrons. The fourth-order valence-corrected chi connectivity index (χ4v) is 3.04. The van der Waals surface area contributed by atoms with Gasteiger partial charge in [0.2, 0.25) is 0 Å². The highest BCUT2D eigenvalue weighted by Crippen LogP contribution is 2.16. The summed E-state index contributed by atoms with van der Waals surface area (Å²) < 4.78 is 0. The average molecular weight is 292 g/mol. The molecule has 0 saturated carbocycles. The van der Waals surface area contributed by atoms with Gasteiger partial charge in [-0.2, -0.15) is 0 Å². The van der Waals surface area contributed by atoms with Crippen LogP contribution in [0.25, 0.3) is 6.08 Å². The minimum Gasteiger partial charge on any atom is -0.369 e. The summed E-state index contributed by atoms with van der Waals surface area (Å²) >= 11 is 0. The molecule has 1 fully saturated rings. The average Bonchev–Trinajstić information content (AvgIpc) is 2.57. The molecular formula is C20H24N2. The van der Waals surface area contributed by atoms with Crippen molar-refractivity contribution < 1.29 is 0 Å². The van der Waals surface area contributed by atoms with Gasteiger partial charge >= 0.3 is 0 Å². The van der Waals surface area contributed by atoms with Gasteiger partial charge in [0.25, 0.3) is 0 Å². The van der Waals surface area contributed by atoms with Crippen molar-refractivity contribution in [3.05, 3.63) is 71.8 Å². The van der Waals surface area contributed by atoms with Gasteiger partial charge in [-0.1, -0.05) is 60.2 Å². The maximum Gasteiger partial charge on any atom is 0.0367 e. The fourth-order valence-electron chi connectivity index (χ4n) is 3.04. The highest BCUT2D eigenvalue weighted by molar-refractivity contribution is 5.52. The van der Waals surface area contributed by atoms with E-state index in [-0.39, 0.29) is 0 Å². The van der Waals surface area contributed by atoms with Gasteiger partial charge in [0.1, 0.15) is 0 Å². The SMILES string of the molecule is C/C(=C/c1ccccc1)CN1CCN(c2ccccc2)CC1. The molecule has 2 heteroatoms. The monoisotopic (exact) mass is 292 g/mol. The van der Waals surface area contributed by atoms with Crippen LogP contribution >= 0.6 is 0 Å².